The van der Waals surface area contributed by atoms with E-state index in [1.807, 2.05) is 0 Å². The Bertz CT molecular complexity index is 7320. The fourth-order valence-corrected chi connectivity index (χ4v) is 19.5. The minimum atomic E-state index is -0.148. The Morgan fingerprint density at radius 3 is 0.972 bits per heavy atom. The van der Waals surface area contributed by atoms with E-state index < -0.39 is 0 Å². The number of para-hydroxylation sites is 6. The number of aromatic nitrogens is 6. The normalized spacial score (nSPS) is 12.2. The third-order valence-corrected chi connectivity index (χ3v) is 23.7. The minimum Gasteiger partial charge on any atom is -0.309 e. The molecule has 6 heterocycles. The summed E-state index contributed by atoms with van der Waals surface area (Å²) in [6.45, 7) is 6.74. The first kappa shape index (κ1) is 60.5. The SMILES string of the molecule is Cc1cc(C)c(B(c2ccc3c(c2)c2cc(-n4c5ccccc5c5ccc6c(c7ccccc7n6-c6cccc7ccccc67)c54)ccc2n3-c2ccccc2)c2ccc3c(c2)c2cc(-n4c5ccccc5c5ccc6c(c7ccccc7n6-c6cccc7ccccc67)c54)ccc2n3-c2ccccc2)c(C)c1. The first-order valence-corrected chi connectivity index (χ1v) is 37.6. The van der Waals surface area contributed by atoms with Crippen molar-refractivity contribution in [2.24, 2.45) is 0 Å². The molecule has 0 aliphatic heterocycles. The lowest BCUT2D eigenvalue weighted by Gasteiger charge is -2.21. The summed E-state index contributed by atoms with van der Waals surface area (Å²) in [5.41, 5.74) is 28.5. The smallest absolute Gasteiger partial charge is 0.241 e. The summed E-state index contributed by atoms with van der Waals surface area (Å²) in [6, 6.07) is 132. The second-order valence-electron chi connectivity index (χ2n) is 29.7. The summed E-state index contributed by atoms with van der Waals surface area (Å²) >= 11 is 0. The summed E-state index contributed by atoms with van der Waals surface area (Å²) in [5.74, 6) is 0. The first-order chi connectivity index (χ1) is 53.4. The maximum Gasteiger partial charge on any atom is 0.241 e. The molecular formula is C101H67BN6. The Kier molecular flexibility index (Phi) is 12.9. The monoisotopic (exact) mass is 1370 g/mol. The third-order valence-electron chi connectivity index (χ3n) is 23.7. The molecule has 0 aliphatic carbocycles. The van der Waals surface area contributed by atoms with E-state index in [9.17, 15) is 0 Å². The summed E-state index contributed by atoms with van der Waals surface area (Å²) in [4.78, 5) is 0. The fraction of sp³-hybridized carbons (Fsp3) is 0.0297. The van der Waals surface area contributed by atoms with Crippen molar-refractivity contribution in [1.29, 1.82) is 0 Å². The van der Waals surface area contributed by atoms with Crippen LogP contribution in [-0.4, -0.2) is 34.1 Å². The molecule has 6 aromatic heterocycles. The van der Waals surface area contributed by atoms with Crippen molar-refractivity contribution in [3.63, 3.8) is 0 Å². The van der Waals surface area contributed by atoms with Gasteiger partial charge in [-0.05, 0) is 153 Å². The second-order valence-corrected chi connectivity index (χ2v) is 29.7. The van der Waals surface area contributed by atoms with Crippen LogP contribution in [0.2, 0.25) is 0 Å². The van der Waals surface area contributed by atoms with Gasteiger partial charge in [0.15, 0.2) is 0 Å². The Hall–Kier alpha value is -13.9. The lowest BCUT2D eigenvalue weighted by atomic mass is 9.35. The van der Waals surface area contributed by atoms with Gasteiger partial charge in [0, 0.05) is 98.2 Å². The van der Waals surface area contributed by atoms with Crippen molar-refractivity contribution in [3.8, 4) is 34.1 Å². The first-order valence-electron chi connectivity index (χ1n) is 37.6. The summed E-state index contributed by atoms with van der Waals surface area (Å²) in [7, 11) is 0. The van der Waals surface area contributed by atoms with Gasteiger partial charge >= 0.3 is 0 Å². The molecule has 0 amide bonds. The van der Waals surface area contributed by atoms with Gasteiger partial charge in [-0.3, -0.25) is 0 Å². The standard InChI is InChI=1S/C101H67BN6/c1-62-56-63(2)99(64(3)57-62)102(67-44-50-91-81(58-67)83-60-71(46-52-93(83)103(91)69-28-6-4-7-29-69)105-87-38-18-14-34-75(87)77-48-54-95-97(100(77)105)79-36-16-20-40-89(79)107(95)85-42-22-26-65-24-10-12-32-73(65)85)68-45-51-92-82(59-68)84-61-72(47-53-94(84)104(92)70-30-8-5-9-31-70)106-88-39-19-15-35-76(88)78-49-55-96-98(101(78)106)80-37-17-21-41-90(80)108(96)86-43-23-27-66-25-11-13-33-74(66)86/h4-61H,1-3H3. The van der Waals surface area contributed by atoms with Crippen LogP contribution in [0.25, 0.3) is 187 Å². The molecule has 23 rings (SSSR count). The molecule has 0 bridgehead atoms. The lowest BCUT2D eigenvalue weighted by molar-refractivity contribution is 1.17. The van der Waals surface area contributed by atoms with E-state index in [0.29, 0.717) is 0 Å². The van der Waals surface area contributed by atoms with Crippen LogP contribution in [-0.2, 0) is 0 Å². The van der Waals surface area contributed by atoms with Gasteiger partial charge in [0.25, 0.3) is 0 Å². The highest BCUT2D eigenvalue weighted by Gasteiger charge is 2.31. The number of rotatable bonds is 9. The molecule has 23 aromatic rings. The number of nitrogens with zero attached hydrogens (tertiary/aromatic N) is 6. The largest absolute Gasteiger partial charge is 0.309 e. The van der Waals surface area contributed by atoms with Crippen LogP contribution in [0.5, 0.6) is 0 Å². The van der Waals surface area contributed by atoms with Crippen molar-refractivity contribution in [3.05, 3.63) is 369 Å². The number of hydrogen-bond acceptors (Lipinski definition) is 0. The van der Waals surface area contributed by atoms with E-state index >= 15 is 0 Å². The zero-order chi connectivity index (χ0) is 71.1. The molecular weight excluding hydrogens is 1310 g/mol. The molecule has 6 nitrogen and oxygen atoms in total. The van der Waals surface area contributed by atoms with Gasteiger partial charge in [0.05, 0.1) is 77.6 Å². The number of fused-ring (bicyclic) bond motifs is 22. The quantitative estimate of drug-likeness (QED) is 0.129. The van der Waals surface area contributed by atoms with E-state index in [2.05, 4.69) is 400 Å². The summed E-state index contributed by atoms with van der Waals surface area (Å²) in [6.07, 6.45) is 0. The van der Waals surface area contributed by atoms with Crippen molar-refractivity contribution >= 4 is 175 Å². The number of benzene rings is 17. The molecule has 0 unspecified atom stereocenters. The predicted octanol–water partition coefficient (Wildman–Crippen LogP) is 24.0. The van der Waals surface area contributed by atoms with Gasteiger partial charge in [-0.15, -0.1) is 0 Å². The minimum absolute atomic E-state index is 0.148. The highest BCUT2D eigenvalue weighted by atomic mass is 15.0. The topological polar surface area (TPSA) is 29.6 Å². The van der Waals surface area contributed by atoms with E-state index in [4.69, 9.17) is 0 Å². The van der Waals surface area contributed by atoms with Gasteiger partial charge in [-0.2, -0.15) is 0 Å². The average molecular weight is 1380 g/mol. The van der Waals surface area contributed by atoms with Crippen LogP contribution in [0.1, 0.15) is 16.7 Å². The molecule has 0 spiro atoms. The maximum absolute atomic E-state index is 2.56. The lowest BCUT2D eigenvalue weighted by Crippen LogP contribution is -2.54. The predicted molar refractivity (Wildman–Crippen MR) is 459 cm³/mol. The fourth-order valence-electron chi connectivity index (χ4n) is 19.5. The van der Waals surface area contributed by atoms with Crippen LogP contribution >= 0.6 is 0 Å². The van der Waals surface area contributed by atoms with Gasteiger partial charge in [0.2, 0.25) is 6.71 Å². The highest BCUT2D eigenvalue weighted by molar-refractivity contribution is 6.96. The van der Waals surface area contributed by atoms with Crippen LogP contribution in [0.15, 0.2) is 352 Å². The molecule has 17 aromatic carbocycles. The van der Waals surface area contributed by atoms with E-state index in [0.717, 1.165) is 44.8 Å². The van der Waals surface area contributed by atoms with Gasteiger partial charge in [-0.25, -0.2) is 0 Å². The molecule has 0 saturated carbocycles. The Labute approximate surface area is 622 Å². The average Bonchev–Trinajstić information content (AvgIpc) is 1.54. The van der Waals surface area contributed by atoms with Crippen LogP contribution in [0, 0.1) is 20.8 Å². The van der Waals surface area contributed by atoms with Gasteiger partial charge < -0.3 is 27.4 Å². The molecule has 108 heavy (non-hydrogen) atoms. The summed E-state index contributed by atoms with van der Waals surface area (Å²) in [5, 5.41) is 19.5. The molecule has 0 saturated heterocycles. The van der Waals surface area contributed by atoms with Crippen LogP contribution in [0.3, 0.4) is 0 Å². The van der Waals surface area contributed by atoms with Crippen molar-refractivity contribution < 1.29 is 0 Å². The van der Waals surface area contributed by atoms with Crippen molar-refractivity contribution in [2.45, 2.75) is 20.8 Å². The van der Waals surface area contributed by atoms with Gasteiger partial charge in [-0.1, -0.05) is 264 Å². The van der Waals surface area contributed by atoms with Crippen molar-refractivity contribution in [2.75, 3.05) is 0 Å². The van der Waals surface area contributed by atoms with Crippen molar-refractivity contribution in [1.82, 2.24) is 27.4 Å². The molecule has 0 aliphatic rings. The Morgan fingerprint density at radius 2 is 0.537 bits per heavy atom. The zero-order valence-corrected chi connectivity index (χ0v) is 59.7. The van der Waals surface area contributed by atoms with E-state index in [1.54, 1.807) is 0 Å². The third kappa shape index (κ3) is 8.61. The van der Waals surface area contributed by atoms with Gasteiger partial charge in [0.1, 0.15) is 0 Å². The molecule has 0 fully saturated rings. The maximum atomic E-state index is 2.56. The molecule has 0 radical (unpaired) electrons. The Morgan fingerprint density at radius 1 is 0.204 bits per heavy atom. The molecule has 0 N–H and O–H groups in total. The number of hydrogen-bond donors (Lipinski definition) is 0. The van der Waals surface area contributed by atoms with E-state index in [-0.39, 0.29) is 6.71 Å². The zero-order valence-electron chi connectivity index (χ0n) is 59.7. The summed E-state index contributed by atoms with van der Waals surface area (Å²) < 4.78 is 15.1. The number of aryl methyl sites for hydroxylation is 3. The molecule has 7 heteroatoms. The Balaban J connectivity index is 0.762. The second kappa shape index (κ2) is 23.1. The van der Waals surface area contributed by atoms with E-state index in [1.165, 1.54) is 175 Å². The molecule has 0 atom stereocenters. The molecule has 504 valence electrons. The van der Waals surface area contributed by atoms with Crippen LogP contribution < -0.4 is 16.4 Å². The van der Waals surface area contributed by atoms with Crippen LogP contribution in [0.4, 0.5) is 0 Å². The highest BCUT2D eigenvalue weighted by Crippen LogP contribution is 2.47.